The van der Waals surface area contributed by atoms with Crippen molar-refractivity contribution in [3.05, 3.63) is 83.8 Å². The molecule has 0 unspecified atom stereocenters. The summed E-state index contributed by atoms with van der Waals surface area (Å²) in [4.78, 5) is 21.9. The van der Waals surface area contributed by atoms with E-state index in [1.807, 2.05) is 18.2 Å². The Morgan fingerprint density at radius 3 is 2.29 bits per heavy atom. The van der Waals surface area contributed by atoms with E-state index in [9.17, 15) is 4.79 Å². The van der Waals surface area contributed by atoms with Gasteiger partial charge in [0.25, 0.3) is 0 Å². The summed E-state index contributed by atoms with van der Waals surface area (Å²) in [5.74, 6) is 2.23. The molecule has 2 amide bonds. The van der Waals surface area contributed by atoms with Crippen LogP contribution in [0.4, 0.5) is 16.3 Å². The molecule has 11 heteroatoms. The van der Waals surface area contributed by atoms with Crippen LogP contribution in [-0.4, -0.2) is 40.0 Å². The lowest BCUT2D eigenvalue weighted by Crippen LogP contribution is -2.21. The number of carbonyl (C=O) groups excluding carboxylic acids is 1. The Hall–Kier alpha value is -4.83. The third-order valence-corrected chi connectivity index (χ3v) is 6.49. The van der Waals surface area contributed by atoms with E-state index in [-0.39, 0.29) is 5.41 Å². The normalized spacial score (nSPS) is 11.3. The molecule has 5 rings (SSSR count). The fourth-order valence-corrected chi connectivity index (χ4v) is 4.22. The summed E-state index contributed by atoms with van der Waals surface area (Å²) in [6.07, 6.45) is 1.40. The van der Waals surface area contributed by atoms with Gasteiger partial charge in [-0.15, -0.1) is 0 Å². The van der Waals surface area contributed by atoms with Crippen molar-refractivity contribution in [3.8, 4) is 28.8 Å². The summed E-state index contributed by atoms with van der Waals surface area (Å²) in [7, 11) is 3.11. The Labute approximate surface area is 242 Å². The van der Waals surface area contributed by atoms with Crippen LogP contribution in [0.15, 0.2) is 73.1 Å². The number of methoxy groups -OCH3 is 2. The van der Waals surface area contributed by atoms with Crippen molar-refractivity contribution in [2.45, 2.75) is 26.2 Å². The number of nitrogens with zero attached hydrogens (tertiary/aromatic N) is 4. The molecule has 0 saturated heterocycles. The number of urea groups is 1. The Balaban J connectivity index is 1.42. The average Bonchev–Trinajstić information content (AvgIpc) is 3.38. The molecule has 0 saturated carbocycles. The average molecular weight is 573 g/mol. The first-order chi connectivity index (χ1) is 19.7. The SMILES string of the molecule is COc1cc2ncnc(Oc3ccccc3NC(=O)Nc3cc(C(C)(C)C)nn3-c3ccc(Cl)cc3)c2cc1OC. The van der Waals surface area contributed by atoms with E-state index >= 15 is 0 Å². The van der Waals surface area contributed by atoms with Gasteiger partial charge in [-0.1, -0.05) is 44.5 Å². The molecule has 41 heavy (non-hydrogen) atoms. The molecule has 5 aromatic rings. The maximum absolute atomic E-state index is 13.3. The third kappa shape index (κ3) is 6.02. The molecule has 210 valence electrons. The molecule has 0 aliphatic heterocycles. The number of amides is 2. The van der Waals surface area contributed by atoms with E-state index in [1.165, 1.54) is 6.33 Å². The van der Waals surface area contributed by atoms with E-state index in [2.05, 4.69) is 41.4 Å². The highest BCUT2D eigenvalue weighted by Crippen LogP contribution is 2.37. The standard InChI is InChI=1S/C30H29ClN6O4/c1-30(2,3)26-16-27(37(36-26)19-12-10-18(31)11-13-19)35-29(38)34-21-8-6-7-9-23(21)41-28-20-14-24(39-4)25(40-5)15-22(20)32-17-33-28/h6-17H,1-5H3,(H2,34,35,38). The molecule has 10 nitrogen and oxygen atoms in total. The number of benzene rings is 3. The monoisotopic (exact) mass is 572 g/mol. The number of halogens is 1. The molecule has 2 N–H and O–H groups in total. The summed E-state index contributed by atoms with van der Waals surface area (Å²) in [5.41, 5.74) is 2.38. The molecule has 2 heterocycles. The van der Waals surface area contributed by atoms with Crippen LogP contribution in [-0.2, 0) is 5.41 Å². The van der Waals surface area contributed by atoms with Gasteiger partial charge in [0, 0.05) is 22.6 Å². The van der Waals surface area contributed by atoms with Gasteiger partial charge >= 0.3 is 6.03 Å². The molecule has 0 spiro atoms. The molecule has 0 bridgehead atoms. The number of carbonyl (C=O) groups is 1. The number of nitrogens with one attached hydrogen (secondary N) is 2. The van der Waals surface area contributed by atoms with Crippen molar-refractivity contribution in [1.82, 2.24) is 19.7 Å². The zero-order valence-electron chi connectivity index (χ0n) is 23.2. The van der Waals surface area contributed by atoms with Crippen molar-refractivity contribution >= 4 is 40.0 Å². The van der Waals surface area contributed by atoms with E-state index < -0.39 is 6.03 Å². The first kappa shape index (κ1) is 27.7. The van der Waals surface area contributed by atoms with Gasteiger partial charge in [-0.2, -0.15) is 5.10 Å². The van der Waals surface area contributed by atoms with Crippen LogP contribution in [0, 0.1) is 0 Å². The van der Waals surface area contributed by atoms with Crippen molar-refractivity contribution in [1.29, 1.82) is 0 Å². The fourth-order valence-electron chi connectivity index (χ4n) is 4.09. The highest BCUT2D eigenvalue weighted by Gasteiger charge is 2.22. The predicted octanol–water partition coefficient (Wildman–Crippen LogP) is 7.22. The van der Waals surface area contributed by atoms with Crippen LogP contribution in [0.2, 0.25) is 5.02 Å². The lowest BCUT2D eigenvalue weighted by atomic mass is 9.92. The van der Waals surface area contributed by atoms with Crippen molar-refractivity contribution in [2.75, 3.05) is 24.9 Å². The van der Waals surface area contributed by atoms with Crippen LogP contribution >= 0.6 is 11.6 Å². The number of ether oxygens (including phenoxy) is 3. The minimum atomic E-state index is -0.476. The minimum absolute atomic E-state index is 0.238. The minimum Gasteiger partial charge on any atom is -0.493 e. The first-order valence-electron chi connectivity index (χ1n) is 12.7. The molecular formula is C30H29ClN6O4. The molecular weight excluding hydrogens is 544 g/mol. The molecule has 0 atom stereocenters. The number of rotatable bonds is 7. The molecule has 3 aromatic carbocycles. The third-order valence-electron chi connectivity index (χ3n) is 6.24. The summed E-state index contributed by atoms with van der Waals surface area (Å²) in [6, 6.07) is 19.2. The van der Waals surface area contributed by atoms with Gasteiger partial charge < -0.3 is 19.5 Å². The number of fused-ring (bicyclic) bond motifs is 1. The second kappa shape index (κ2) is 11.3. The maximum Gasteiger partial charge on any atom is 0.324 e. The van der Waals surface area contributed by atoms with Gasteiger partial charge in [0.1, 0.15) is 12.1 Å². The Kier molecular flexibility index (Phi) is 7.67. The highest BCUT2D eigenvalue weighted by atomic mass is 35.5. The predicted molar refractivity (Wildman–Crippen MR) is 159 cm³/mol. The Morgan fingerprint density at radius 1 is 0.878 bits per heavy atom. The van der Waals surface area contributed by atoms with Crippen LogP contribution in [0.1, 0.15) is 26.5 Å². The van der Waals surface area contributed by atoms with Gasteiger partial charge in [-0.05, 0) is 42.5 Å². The van der Waals surface area contributed by atoms with Crippen LogP contribution in [0.3, 0.4) is 0 Å². The van der Waals surface area contributed by atoms with Crippen LogP contribution < -0.4 is 24.8 Å². The smallest absolute Gasteiger partial charge is 0.324 e. The second-order valence-electron chi connectivity index (χ2n) is 10.1. The van der Waals surface area contributed by atoms with Gasteiger partial charge in [-0.3, -0.25) is 5.32 Å². The van der Waals surface area contributed by atoms with E-state index in [0.717, 1.165) is 11.4 Å². The van der Waals surface area contributed by atoms with Gasteiger partial charge in [0.15, 0.2) is 17.2 Å². The molecule has 0 fully saturated rings. The fraction of sp³-hybridized carbons (Fsp3) is 0.200. The number of hydrogen-bond donors (Lipinski definition) is 2. The lowest BCUT2D eigenvalue weighted by Gasteiger charge is -2.14. The molecule has 2 aromatic heterocycles. The van der Waals surface area contributed by atoms with Gasteiger partial charge in [0.05, 0.1) is 42.2 Å². The maximum atomic E-state index is 13.3. The molecule has 0 aliphatic rings. The van der Waals surface area contributed by atoms with Gasteiger partial charge in [-0.25, -0.2) is 19.4 Å². The number of para-hydroxylation sites is 2. The number of anilines is 2. The largest absolute Gasteiger partial charge is 0.493 e. The Morgan fingerprint density at radius 2 is 1.59 bits per heavy atom. The molecule has 0 aliphatic carbocycles. The van der Waals surface area contributed by atoms with Crippen molar-refractivity contribution in [2.24, 2.45) is 0 Å². The van der Waals surface area contributed by atoms with Gasteiger partial charge in [0.2, 0.25) is 5.88 Å². The second-order valence-corrected chi connectivity index (χ2v) is 10.6. The van der Waals surface area contributed by atoms with Crippen molar-refractivity contribution in [3.63, 3.8) is 0 Å². The lowest BCUT2D eigenvalue weighted by molar-refractivity contribution is 0.262. The summed E-state index contributed by atoms with van der Waals surface area (Å²) in [6.45, 7) is 6.17. The van der Waals surface area contributed by atoms with E-state index in [4.69, 9.17) is 30.9 Å². The summed E-state index contributed by atoms with van der Waals surface area (Å²) >= 11 is 6.08. The van der Waals surface area contributed by atoms with E-state index in [0.29, 0.717) is 50.6 Å². The zero-order chi connectivity index (χ0) is 29.1. The summed E-state index contributed by atoms with van der Waals surface area (Å²) < 4.78 is 18.7. The van der Waals surface area contributed by atoms with Crippen molar-refractivity contribution < 1.29 is 19.0 Å². The Bertz CT molecular complexity index is 1710. The quantitative estimate of drug-likeness (QED) is 0.212. The summed E-state index contributed by atoms with van der Waals surface area (Å²) in [5, 5.41) is 11.8. The van der Waals surface area contributed by atoms with E-state index in [1.54, 1.807) is 67.4 Å². The van der Waals surface area contributed by atoms with Crippen LogP contribution in [0.5, 0.6) is 23.1 Å². The number of hydrogen-bond acceptors (Lipinski definition) is 7. The molecule has 0 radical (unpaired) electrons. The first-order valence-corrected chi connectivity index (χ1v) is 13.1. The zero-order valence-corrected chi connectivity index (χ0v) is 24.0. The topological polar surface area (TPSA) is 112 Å². The number of aromatic nitrogens is 4. The van der Waals surface area contributed by atoms with Crippen LogP contribution in [0.25, 0.3) is 16.6 Å². The highest BCUT2D eigenvalue weighted by molar-refractivity contribution is 6.30.